The molecule has 1 heterocycles. The van der Waals surface area contributed by atoms with Crippen molar-refractivity contribution in [2.24, 2.45) is 0 Å². The molecular weight excluding hydrogens is 146 g/mol. The summed E-state index contributed by atoms with van der Waals surface area (Å²) in [6.45, 7) is 3.62. The molecule has 0 unspecified atom stereocenters. The minimum absolute atomic E-state index is 0.220. The van der Waals surface area contributed by atoms with E-state index in [1.165, 1.54) is 0 Å². The summed E-state index contributed by atoms with van der Waals surface area (Å²) >= 11 is 0. The second-order valence-corrected chi connectivity index (χ2v) is 2.10. The zero-order chi connectivity index (χ0) is 8.10. The first-order chi connectivity index (χ1) is 5.38. The van der Waals surface area contributed by atoms with Crippen LogP contribution in [0.5, 0.6) is 0 Å². The van der Waals surface area contributed by atoms with E-state index in [1.54, 1.807) is 5.94 Å². The minimum atomic E-state index is -0.397. The maximum absolute atomic E-state index is 10.2. The van der Waals surface area contributed by atoms with E-state index in [0.717, 1.165) is 0 Å². The number of nitrogens with one attached hydrogen (secondary N) is 1. The predicted octanol–water partition coefficient (Wildman–Crippen LogP) is -0.316. The van der Waals surface area contributed by atoms with E-state index in [1.807, 2.05) is 6.92 Å². The number of hydrogen-bond acceptors (Lipinski definition) is 4. The summed E-state index contributed by atoms with van der Waals surface area (Å²) in [5.74, 6) is 1.92. The maximum Gasteiger partial charge on any atom is 0.224 e. The van der Waals surface area contributed by atoms with Gasteiger partial charge >= 0.3 is 0 Å². The van der Waals surface area contributed by atoms with E-state index in [-0.39, 0.29) is 5.76 Å². The first-order valence-electron chi connectivity index (χ1n) is 3.61. The number of ether oxygens (including phenoxy) is 2. The Balaban J connectivity index is 2.52. The highest BCUT2D eigenvalue weighted by Crippen LogP contribution is 2.05. The van der Waals surface area contributed by atoms with Gasteiger partial charge in [0.2, 0.25) is 5.76 Å². The van der Waals surface area contributed by atoms with Crippen LogP contribution in [0, 0.1) is 0 Å². The zero-order valence-electron chi connectivity index (χ0n) is 6.42. The highest BCUT2D eigenvalue weighted by Gasteiger charge is 2.20. The summed E-state index contributed by atoms with van der Waals surface area (Å²) in [7, 11) is 0. The van der Waals surface area contributed by atoms with Gasteiger partial charge in [-0.1, -0.05) is 0 Å². The third-order valence-corrected chi connectivity index (χ3v) is 1.36. The Labute approximate surface area is 65.2 Å². The largest absolute Gasteiger partial charge is 0.482 e. The van der Waals surface area contributed by atoms with Crippen LogP contribution in [0.4, 0.5) is 0 Å². The Morgan fingerprint density at radius 2 is 2.73 bits per heavy atom. The molecule has 0 saturated carbocycles. The lowest BCUT2D eigenvalue weighted by Crippen LogP contribution is -2.41. The summed E-state index contributed by atoms with van der Waals surface area (Å²) in [6, 6.07) is 0. The third-order valence-electron chi connectivity index (χ3n) is 1.36. The molecule has 0 aromatic rings. The van der Waals surface area contributed by atoms with Crippen LogP contribution < -0.4 is 5.32 Å². The van der Waals surface area contributed by atoms with Crippen molar-refractivity contribution in [1.82, 2.24) is 5.32 Å². The maximum atomic E-state index is 10.2. The van der Waals surface area contributed by atoms with Crippen molar-refractivity contribution in [3.63, 3.8) is 0 Å². The molecule has 1 saturated heterocycles. The minimum Gasteiger partial charge on any atom is -0.482 e. The monoisotopic (exact) mass is 157 g/mol. The van der Waals surface area contributed by atoms with Crippen molar-refractivity contribution in [2.45, 2.75) is 13.2 Å². The second kappa shape index (κ2) is 4.13. The van der Waals surface area contributed by atoms with Gasteiger partial charge in [-0.25, -0.2) is 4.79 Å². The molecule has 0 amide bonds. The van der Waals surface area contributed by atoms with Crippen LogP contribution in [0.3, 0.4) is 0 Å². The fraction of sp³-hybridized carbons (Fsp3) is 0.714. The number of hydrogen-bond donors (Lipinski definition) is 1. The molecule has 0 aromatic carbocycles. The summed E-state index contributed by atoms with van der Waals surface area (Å²) in [5, 5.41) is 2.97. The van der Waals surface area contributed by atoms with Crippen LogP contribution in [-0.4, -0.2) is 31.9 Å². The quantitative estimate of drug-likeness (QED) is 0.558. The van der Waals surface area contributed by atoms with Crippen molar-refractivity contribution in [2.75, 3.05) is 19.8 Å². The van der Waals surface area contributed by atoms with E-state index in [4.69, 9.17) is 9.47 Å². The highest BCUT2D eigenvalue weighted by molar-refractivity contribution is 5.51. The molecule has 62 valence electrons. The van der Waals surface area contributed by atoms with Gasteiger partial charge in [0.25, 0.3) is 0 Å². The molecular formula is C7H11NO3. The average Bonchev–Trinajstić information content (AvgIpc) is 2.06. The van der Waals surface area contributed by atoms with E-state index in [2.05, 4.69) is 5.32 Å². The standard InChI is InChI=1S/C7H11NO3/c1-2-10-7-6(5-9)11-4-3-8-7/h7-8H,2-4H2,1H3/t7-/m0/s1. The van der Waals surface area contributed by atoms with Crippen LogP contribution >= 0.6 is 0 Å². The molecule has 1 N–H and O–H groups in total. The number of rotatable bonds is 2. The molecule has 0 spiro atoms. The summed E-state index contributed by atoms with van der Waals surface area (Å²) in [4.78, 5) is 10.2. The van der Waals surface area contributed by atoms with Crippen molar-refractivity contribution >= 4 is 5.94 Å². The average molecular weight is 157 g/mol. The van der Waals surface area contributed by atoms with Gasteiger partial charge in [0.1, 0.15) is 6.61 Å². The lowest BCUT2D eigenvalue weighted by molar-refractivity contribution is -0.00779. The van der Waals surface area contributed by atoms with Gasteiger partial charge in [-0.3, -0.25) is 5.32 Å². The molecule has 1 fully saturated rings. The Kier molecular flexibility index (Phi) is 3.11. The normalized spacial score (nSPS) is 24.1. The van der Waals surface area contributed by atoms with Crippen molar-refractivity contribution in [1.29, 1.82) is 0 Å². The molecule has 1 rings (SSSR count). The molecule has 0 radical (unpaired) electrons. The zero-order valence-corrected chi connectivity index (χ0v) is 6.42. The lowest BCUT2D eigenvalue weighted by atomic mass is 10.4. The molecule has 1 atom stereocenters. The van der Waals surface area contributed by atoms with Gasteiger partial charge < -0.3 is 9.47 Å². The van der Waals surface area contributed by atoms with Crippen LogP contribution in [-0.2, 0) is 14.3 Å². The Bertz CT molecular complexity index is 173. The van der Waals surface area contributed by atoms with Gasteiger partial charge in [0.15, 0.2) is 12.2 Å². The predicted molar refractivity (Wildman–Crippen MR) is 38.6 cm³/mol. The van der Waals surface area contributed by atoms with Crippen LogP contribution in [0.25, 0.3) is 0 Å². The summed E-state index contributed by atoms with van der Waals surface area (Å²) in [6.07, 6.45) is -0.397. The summed E-state index contributed by atoms with van der Waals surface area (Å²) in [5.41, 5.74) is 0. The summed E-state index contributed by atoms with van der Waals surface area (Å²) < 4.78 is 10.1. The van der Waals surface area contributed by atoms with E-state index >= 15 is 0 Å². The molecule has 0 aromatic heterocycles. The fourth-order valence-corrected chi connectivity index (χ4v) is 0.904. The number of carbonyl (C=O) groups excluding carboxylic acids is 1. The van der Waals surface area contributed by atoms with Gasteiger partial charge in [-0.15, -0.1) is 0 Å². The van der Waals surface area contributed by atoms with E-state index < -0.39 is 6.23 Å². The molecule has 0 bridgehead atoms. The van der Waals surface area contributed by atoms with Gasteiger partial charge in [-0.05, 0) is 6.92 Å². The third kappa shape index (κ3) is 2.05. The number of morpholine rings is 1. The van der Waals surface area contributed by atoms with Gasteiger partial charge in [0.05, 0.1) is 0 Å². The Morgan fingerprint density at radius 3 is 3.36 bits per heavy atom. The topological polar surface area (TPSA) is 47.6 Å². The fourth-order valence-electron chi connectivity index (χ4n) is 0.904. The first-order valence-corrected chi connectivity index (χ1v) is 3.61. The van der Waals surface area contributed by atoms with Crippen molar-refractivity contribution in [3.05, 3.63) is 5.76 Å². The highest BCUT2D eigenvalue weighted by atomic mass is 16.5. The molecule has 1 aliphatic rings. The van der Waals surface area contributed by atoms with Gasteiger partial charge in [0, 0.05) is 13.2 Å². The second-order valence-electron chi connectivity index (χ2n) is 2.10. The smallest absolute Gasteiger partial charge is 0.224 e. The van der Waals surface area contributed by atoms with Crippen LogP contribution in [0.2, 0.25) is 0 Å². The van der Waals surface area contributed by atoms with E-state index in [9.17, 15) is 4.79 Å². The molecule has 4 heteroatoms. The SMILES string of the molecule is CCO[C@@H]1NCCOC1=C=O. The Hall–Kier alpha value is -0.830. The van der Waals surface area contributed by atoms with Gasteiger partial charge in [-0.2, -0.15) is 0 Å². The molecule has 11 heavy (non-hydrogen) atoms. The first kappa shape index (κ1) is 8.27. The Morgan fingerprint density at radius 1 is 1.91 bits per heavy atom. The van der Waals surface area contributed by atoms with Crippen LogP contribution in [0.15, 0.2) is 5.76 Å². The van der Waals surface area contributed by atoms with Crippen molar-refractivity contribution < 1.29 is 14.3 Å². The molecule has 0 aliphatic carbocycles. The van der Waals surface area contributed by atoms with Crippen molar-refractivity contribution in [3.8, 4) is 0 Å². The lowest BCUT2D eigenvalue weighted by Gasteiger charge is -2.24. The van der Waals surface area contributed by atoms with Crippen LogP contribution in [0.1, 0.15) is 6.92 Å². The molecule has 1 aliphatic heterocycles. The molecule has 4 nitrogen and oxygen atoms in total. The van der Waals surface area contributed by atoms with E-state index in [0.29, 0.717) is 19.8 Å².